The van der Waals surface area contributed by atoms with E-state index in [9.17, 15) is 0 Å². The fourth-order valence-electron chi connectivity index (χ4n) is 0.425. The van der Waals surface area contributed by atoms with Crippen LogP contribution in [0.4, 0.5) is 0 Å². The van der Waals surface area contributed by atoms with Gasteiger partial charge < -0.3 is 0 Å². The number of allylic oxidation sites excluding steroid dienone is 4. The maximum absolute atomic E-state index is 2.84. The highest BCUT2D eigenvalue weighted by Crippen LogP contribution is 1.91. The molecule has 1 aliphatic carbocycles. The quantitative estimate of drug-likeness (QED) is 0.296. The molecule has 0 atom stereocenters. The van der Waals surface area contributed by atoms with E-state index in [1.807, 2.05) is 26.1 Å². The Hall–Kier alpha value is -0.895. The van der Waals surface area contributed by atoms with Crippen molar-refractivity contribution in [3.63, 3.8) is 0 Å². The average molecular weight is 87.9 g/mol. The fraction of sp³-hybridized carbons (Fsp3) is 0. The summed E-state index contributed by atoms with van der Waals surface area (Å²) in [5, 5.41) is 0. The molecule has 0 saturated carbocycles. The van der Waals surface area contributed by atoms with Gasteiger partial charge in [-0.3, -0.25) is 0 Å². The van der Waals surface area contributed by atoms with Gasteiger partial charge in [0.25, 0.3) is 0 Å². The lowest BCUT2D eigenvalue weighted by Crippen LogP contribution is -1.71. The zero-order valence-corrected chi connectivity index (χ0v) is 4.23. The third kappa shape index (κ3) is 0.975. The summed E-state index contributed by atoms with van der Waals surface area (Å²) < 4.78 is 0. The zero-order valence-electron chi connectivity index (χ0n) is 4.23. The van der Waals surface area contributed by atoms with E-state index in [0.717, 1.165) is 0 Å². The maximum Gasteiger partial charge on any atom is 0.140 e. The van der Waals surface area contributed by atoms with Crippen molar-refractivity contribution >= 4 is 7.85 Å². The van der Waals surface area contributed by atoms with E-state index in [4.69, 9.17) is 0 Å². The number of hydrogen-bond donors (Lipinski definition) is 0. The van der Waals surface area contributed by atoms with Crippen molar-refractivity contribution in [3.05, 3.63) is 35.2 Å². The Kier molecular flexibility index (Phi) is 1.04. The standard InChI is InChI=1S/C6H5B/c7-6-4-2-1-3-5-6/h2,4-5H,7H2. The van der Waals surface area contributed by atoms with E-state index in [1.165, 1.54) is 5.47 Å². The predicted octanol–water partition coefficient (Wildman–Crippen LogP) is 0.383. The van der Waals surface area contributed by atoms with Gasteiger partial charge in [0.1, 0.15) is 7.85 Å². The van der Waals surface area contributed by atoms with Crippen LogP contribution in [0, 0.1) is 0 Å². The highest BCUT2D eigenvalue weighted by Gasteiger charge is 1.76. The van der Waals surface area contributed by atoms with E-state index < -0.39 is 0 Å². The second kappa shape index (κ2) is 1.70. The molecule has 0 amide bonds. The van der Waals surface area contributed by atoms with Gasteiger partial charge in [0, 0.05) is 0 Å². The Labute approximate surface area is 44.0 Å². The lowest BCUT2D eigenvalue weighted by molar-refractivity contribution is 1.82. The van der Waals surface area contributed by atoms with Crippen LogP contribution in [0.3, 0.4) is 0 Å². The molecule has 0 bridgehead atoms. The van der Waals surface area contributed by atoms with Crippen LogP contribution in [0.15, 0.2) is 35.2 Å². The molecule has 32 valence electrons. The van der Waals surface area contributed by atoms with Gasteiger partial charge in [0.15, 0.2) is 0 Å². The van der Waals surface area contributed by atoms with Gasteiger partial charge in [-0.15, -0.1) is 0 Å². The van der Waals surface area contributed by atoms with Gasteiger partial charge in [-0.1, -0.05) is 23.0 Å². The van der Waals surface area contributed by atoms with Crippen molar-refractivity contribution in [3.8, 4) is 0 Å². The normalized spacial score (nSPS) is 14.6. The molecule has 1 aliphatic rings. The molecule has 0 saturated heterocycles. The lowest BCUT2D eigenvalue weighted by atomic mass is 9.94. The number of hydrogen-bond acceptors (Lipinski definition) is 0. The molecule has 0 nitrogen and oxygen atoms in total. The molecule has 0 spiro atoms. The van der Waals surface area contributed by atoms with E-state index in [2.05, 4.69) is 11.5 Å². The summed E-state index contributed by atoms with van der Waals surface area (Å²) in [4.78, 5) is 0. The van der Waals surface area contributed by atoms with Gasteiger partial charge >= 0.3 is 0 Å². The average Bonchev–Trinajstić information content (AvgIpc) is 1.69. The Morgan fingerprint density at radius 1 is 1.43 bits per heavy atom. The van der Waals surface area contributed by atoms with Gasteiger partial charge in [-0.2, -0.15) is 0 Å². The molecule has 1 heteroatoms. The van der Waals surface area contributed by atoms with E-state index in [1.54, 1.807) is 0 Å². The molecule has 0 fully saturated rings. The predicted molar refractivity (Wildman–Crippen MR) is 32.8 cm³/mol. The van der Waals surface area contributed by atoms with Crippen molar-refractivity contribution in [2.24, 2.45) is 0 Å². The maximum atomic E-state index is 2.84. The molecule has 0 radical (unpaired) electrons. The molecule has 0 heterocycles. The molecule has 0 aromatic carbocycles. The second-order valence-corrected chi connectivity index (χ2v) is 1.51. The SMILES string of the molecule is BC1=CC=C=C=C1. The molecule has 0 unspecified atom stereocenters. The Balaban J connectivity index is 3.02. The molecule has 7 heavy (non-hydrogen) atoms. The van der Waals surface area contributed by atoms with Crippen LogP contribution in [0.1, 0.15) is 0 Å². The van der Waals surface area contributed by atoms with Crippen molar-refractivity contribution in [2.45, 2.75) is 0 Å². The highest BCUT2D eigenvalue weighted by atomic mass is 13.7. The van der Waals surface area contributed by atoms with E-state index in [-0.39, 0.29) is 0 Å². The first-order valence-corrected chi connectivity index (χ1v) is 2.24. The molecule has 1 rings (SSSR count). The van der Waals surface area contributed by atoms with Gasteiger partial charge in [-0.25, -0.2) is 0 Å². The van der Waals surface area contributed by atoms with Gasteiger partial charge in [0.2, 0.25) is 0 Å². The summed E-state index contributed by atoms with van der Waals surface area (Å²) in [6.07, 6.45) is 5.76. The third-order valence-electron chi connectivity index (χ3n) is 0.813. The molecule has 0 aliphatic heterocycles. The summed E-state index contributed by atoms with van der Waals surface area (Å²) in [5.74, 6) is 0. The van der Waals surface area contributed by atoms with Crippen molar-refractivity contribution in [1.29, 1.82) is 0 Å². The van der Waals surface area contributed by atoms with Gasteiger partial charge in [-0.05, 0) is 12.2 Å². The molecular weight excluding hydrogens is 82.9 g/mol. The largest absolute Gasteiger partial charge is 0.140 e. The van der Waals surface area contributed by atoms with Crippen LogP contribution in [-0.2, 0) is 0 Å². The Morgan fingerprint density at radius 3 is 2.57 bits per heavy atom. The van der Waals surface area contributed by atoms with Crippen LogP contribution in [0.2, 0.25) is 0 Å². The van der Waals surface area contributed by atoms with Crippen LogP contribution in [-0.4, -0.2) is 7.85 Å². The summed E-state index contributed by atoms with van der Waals surface area (Å²) in [5.41, 5.74) is 6.88. The van der Waals surface area contributed by atoms with Crippen LogP contribution in [0.25, 0.3) is 0 Å². The summed E-state index contributed by atoms with van der Waals surface area (Å²) in [7, 11) is 2.03. The van der Waals surface area contributed by atoms with Gasteiger partial charge in [0.05, 0.1) is 0 Å². The monoisotopic (exact) mass is 88.0 g/mol. The third-order valence-corrected chi connectivity index (χ3v) is 0.813. The summed E-state index contributed by atoms with van der Waals surface area (Å²) in [6.45, 7) is 0. The smallest absolute Gasteiger partial charge is 0.0801 e. The van der Waals surface area contributed by atoms with Crippen molar-refractivity contribution in [2.75, 3.05) is 0 Å². The first-order chi connectivity index (χ1) is 3.39. The summed E-state index contributed by atoms with van der Waals surface area (Å²) in [6, 6.07) is 0. The Morgan fingerprint density at radius 2 is 2.29 bits per heavy atom. The van der Waals surface area contributed by atoms with Crippen LogP contribution >= 0.6 is 0 Å². The first-order valence-electron chi connectivity index (χ1n) is 2.24. The zero-order chi connectivity index (χ0) is 5.11. The first kappa shape index (κ1) is 4.27. The number of rotatable bonds is 0. The topological polar surface area (TPSA) is 0 Å². The minimum absolute atomic E-state index is 1.23. The van der Waals surface area contributed by atoms with Crippen LogP contribution in [0.5, 0.6) is 0 Å². The molecular formula is C6H5B. The summed E-state index contributed by atoms with van der Waals surface area (Å²) >= 11 is 0. The molecule has 0 N–H and O–H groups in total. The lowest BCUT2D eigenvalue weighted by Gasteiger charge is -1.82. The second-order valence-electron chi connectivity index (χ2n) is 1.51. The van der Waals surface area contributed by atoms with E-state index in [0.29, 0.717) is 0 Å². The molecule has 0 aromatic rings. The minimum Gasteiger partial charge on any atom is -0.0801 e. The fourth-order valence-corrected chi connectivity index (χ4v) is 0.425. The Bertz CT molecular complexity index is 186. The van der Waals surface area contributed by atoms with Crippen molar-refractivity contribution < 1.29 is 0 Å². The van der Waals surface area contributed by atoms with Crippen LogP contribution < -0.4 is 0 Å². The minimum atomic E-state index is 1.23. The van der Waals surface area contributed by atoms with Crippen molar-refractivity contribution in [1.82, 2.24) is 0 Å². The molecule has 0 aromatic heterocycles. The highest BCUT2D eigenvalue weighted by molar-refractivity contribution is 6.23. The van der Waals surface area contributed by atoms with E-state index >= 15 is 0 Å².